The van der Waals surface area contributed by atoms with Crippen LogP contribution in [-0.4, -0.2) is 53.2 Å². The molecule has 0 heterocycles. The molecule has 0 aliphatic rings. The zero-order chi connectivity index (χ0) is 27.4. The summed E-state index contributed by atoms with van der Waals surface area (Å²) < 4.78 is 41.1. The van der Waals surface area contributed by atoms with Crippen LogP contribution in [-0.2, 0) is 33.2 Å². The third-order valence-corrected chi connectivity index (χ3v) is 5.36. The second kappa shape index (κ2) is 27.6. The minimum Gasteiger partial charge on any atom is -0.494 e. The van der Waals surface area contributed by atoms with E-state index in [2.05, 4.69) is 41.5 Å². The van der Waals surface area contributed by atoms with Crippen LogP contribution in [0.2, 0.25) is 0 Å². The lowest BCUT2D eigenvalue weighted by Gasteiger charge is -2.18. The SMILES string of the molecule is CCCCCC(OCCC)=C(COCOCOCC(OCCC)=C(CCCCC)OCCC)OCCC. The van der Waals surface area contributed by atoms with Crippen molar-refractivity contribution in [3.63, 3.8) is 0 Å². The second-order valence-corrected chi connectivity index (χ2v) is 9.14. The molecule has 0 atom stereocenters. The Morgan fingerprint density at radius 1 is 0.378 bits per heavy atom. The van der Waals surface area contributed by atoms with Crippen LogP contribution < -0.4 is 0 Å². The number of unbranched alkanes of at least 4 members (excludes halogenated alkanes) is 4. The molecule has 0 aliphatic heterocycles. The van der Waals surface area contributed by atoms with E-state index in [4.69, 9.17) is 33.2 Å². The van der Waals surface area contributed by atoms with Gasteiger partial charge in [-0.05, 0) is 38.5 Å². The Morgan fingerprint density at radius 3 is 1.05 bits per heavy atom. The molecule has 37 heavy (non-hydrogen) atoms. The van der Waals surface area contributed by atoms with Crippen LogP contribution in [0.4, 0.5) is 0 Å². The summed E-state index contributed by atoms with van der Waals surface area (Å²) >= 11 is 0. The summed E-state index contributed by atoms with van der Waals surface area (Å²) in [4.78, 5) is 0. The Hall–Kier alpha value is -1.44. The van der Waals surface area contributed by atoms with Crippen molar-refractivity contribution in [2.75, 3.05) is 53.2 Å². The van der Waals surface area contributed by atoms with Crippen molar-refractivity contribution < 1.29 is 33.2 Å². The maximum Gasteiger partial charge on any atom is 0.159 e. The lowest BCUT2D eigenvalue weighted by atomic mass is 10.1. The molecule has 7 heteroatoms. The van der Waals surface area contributed by atoms with Crippen molar-refractivity contribution in [2.45, 2.75) is 119 Å². The second-order valence-electron chi connectivity index (χ2n) is 9.14. The summed E-state index contributed by atoms with van der Waals surface area (Å²) in [6, 6.07) is 0. The lowest BCUT2D eigenvalue weighted by Crippen LogP contribution is -2.14. The van der Waals surface area contributed by atoms with Crippen molar-refractivity contribution in [3.05, 3.63) is 23.0 Å². The van der Waals surface area contributed by atoms with Gasteiger partial charge in [-0.15, -0.1) is 0 Å². The lowest BCUT2D eigenvalue weighted by molar-refractivity contribution is -0.132. The van der Waals surface area contributed by atoms with Gasteiger partial charge in [-0.2, -0.15) is 0 Å². The van der Waals surface area contributed by atoms with Gasteiger partial charge in [0, 0.05) is 12.8 Å². The van der Waals surface area contributed by atoms with E-state index in [1.807, 2.05) is 0 Å². The van der Waals surface area contributed by atoms with Gasteiger partial charge in [0.1, 0.15) is 38.3 Å². The molecule has 0 rings (SSSR count). The maximum absolute atomic E-state index is 6.01. The molecule has 0 saturated heterocycles. The Balaban J connectivity index is 4.82. The first-order valence-corrected chi connectivity index (χ1v) is 14.9. The van der Waals surface area contributed by atoms with Crippen molar-refractivity contribution in [1.82, 2.24) is 0 Å². The van der Waals surface area contributed by atoms with E-state index in [1.54, 1.807) is 0 Å². The van der Waals surface area contributed by atoms with E-state index < -0.39 is 0 Å². The van der Waals surface area contributed by atoms with Gasteiger partial charge in [0.05, 0.1) is 26.4 Å². The summed E-state index contributed by atoms with van der Waals surface area (Å²) in [5.41, 5.74) is 0. The average molecular weight is 531 g/mol. The highest BCUT2D eigenvalue weighted by Crippen LogP contribution is 2.19. The van der Waals surface area contributed by atoms with Crippen LogP contribution in [0, 0.1) is 0 Å². The molecule has 0 unspecified atom stereocenters. The molecule has 7 nitrogen and oxygen atoms in total. The Kier molecular flexibility index (Phi) is 26.5. The Morgan fingerprint density at radius 2 is 0.730 bits per heavy atom. The summed E-state index contributed by atoms with van der Waals surface area (Å²) in [7, 11) is 0. The third kappa shape index (κ3) is 20.2. The maximum atomic E-state index is 6.01. The summed E-state index contributed by atoms with van der Waals surface area (Å²) in [5.74, 6) is 3.37. The van der Waals surface area contributed by atoms with Gasteiger partial charge in [0.15, 0.2) is 11.5 Å². The quantitative estimate of drug-likeness (QED) is 0.0573. The highest BCUT2D eigenvalue weighted by Gasteiger charge is 2.13. The fraction of sp³-hybridized carbons (Fsp3) is 0.867. The number of rotatable bonds is 28. The number of allylic oxidation sites excluding steroid dienone is 2. The van der Waals surface area contributed by atoms with Crippen molar-refractivity contribution in [2.24, 2.45) is 0 Å². The molecular weight excluding hydrogens is 472 g/mol. The molecule has 0 bridgehead atoms. The summed E-state index contributed by atoms with van der Waals surface area (Å²) in [6.07, 6.45) is 12.4. The number of hydrogen-bond acceptors (Lipinski definition) is 7. The minimum atomic E-state index is 0.111. The molecule has 0 amide bonds. The Bertz CT molecular complexity index is 512. The molecule has 0 aromatic heterocycles. The molecule has 0 radical (unpaired) electrons. The molecule has 220 valence electrons. The third-order valence-electron chi connectivity index (χ3n) is 5.36. The zero-order valence-electron chi connectivity index (χ0n) is 25.0. The minimum absolute atomic E-state index is 0.111. The van der Waals surface area contributed by atoms with Crippen molar-refractivity contribution in [3.8, 4) is 0 Å². The van der Waals surface area contributed by atoms with Crippen LogP contribution >= 0.6 is 0 Å². The molecule has 0 fully saturated rings. The topological polar surface area (TPSA) is 64.6 Å². The smallest absolute Gasteiger partial charge is 0.159 e. The van der Waals surface area contributed by atoms with Gasteiger partial charge in [0.2, 0.25) is 0 Å². The first kappa shape index (κ1) is 35.6. The van der Waals surface area contributed by atoms with E-state index in [0.29, 0.717) is 39.6 Å². The van der Waals surface area contributed by atoms with Gasteiger partial charge >= 0.3 is 0 Å². The van der Waals surface area contributed by atoms with E-state index in [-0.39, 0.29) is 13.6 Å². The first-order valence-electron chi connectivity index (χ1n) is 14.9. The highest BCUT2D eigenvalue weighted by molar-refractivity contribution is 5.03. The van der Waals surface area contributed by atoms with E-state index in [1.165, 1.54) is 25.7 Å². The summed E-state index contributed by atoms with van der Waals surface area (Å²) in [5, 5.41) is 0. The van der Waals surface area contributed by atoms with Gasteiger partial charge in [0.25, 0.3) is 0 Å². The molecule has 0 spiro atoms. The van der Waals surface area contributed by atoms with E-state index in [0.717, 1.165) is 74.4 Å². The zero-order valence-corrected chi connectivity index (χ0v) is 25.0. The van der Waals surface area contributed by atoms with Gasteiger partial charge in [-0.3, -0.25) is 0 Å². The van der Waals surface area contributed by atoms with Crippen LogP contribution in [0.15, 0.2) is 23.0 Å². The molecule has 0 N–H and O–H groups in total. The molecule has 0 aromatic rings. The highest BCUT2D eigenvalue weighted by atomic mass is 16.7. The van der Waals surface area contributed by atoms with Crippen LogP contribution in [0.3, 0.4) is 0 Å². The predicted octanol–water partition coefficient (Wildman–Crippen LogP) is 8.24. The van der Waals surface area contributed by atoms with Crippen LogP contribution in [0.5, 0.6) is 0 Å². The fourth-order valence-corrected chi connectivity index (χ4v) is 3.38. The first-order chi connectivity index (χ1) is 18.2. The van der Waals surface area contributed by atoms with Crippen molar-refractivity contribution >= 4 is 0 Å². The molecule has 0 aliphatic carbocycles. The molecular formula is C30H58O7. The predicted molar refractivity (Wildman–Crippen MR) is 150 cm³/mol. The average Bonchev–Trinajstić information content (AvgIpc) is 2.91. The number of hydrogen-bond donors (Lipinski definition) is 0. The van der Waals surface area contributed by atoms with Crippen LogP contribution in [0.25, 0.3) is 0 Å². The van der Waals surface area contributed by atoms with Gasteiger partial charge < -0.3 is 33.2 Å². The Labute approximate surface area is 228 Å². The monoisotopic (exact) mass is 530 g/mol. The van der Waals surface area contributed by atoms with Crippen molar-refractivity contribution in [1.29, 1.82) is 0 Å². The molecule has 0 aromatic carbocycles. The summed E-state index contributed by atoms with van der Waals surface area (Å²) in [6.45, 7) is 16.3. The van der Waals surface area contributed by atoms with Gasteiger partial charge in [-0.25, -0.2) is 0 Å². The van der Waals surface area contributed by atoms with Gasteiger partial charge in [-0.1, -0.05) is 67.2 Å². The standard InChI is InChI=1S/C30H58O7/c1-7-13-15-17-27(34-19-9-3)29(36-21-11-5)23-31-25-33-26-32-24-30(37-22-12-6)28(35-20-10-4)18-16-14-8-2/h7-26H2,1-6H3. The van der Waals surface area contributed by atoms with Crippen LogP contribution in [0.1, 0.15) is 119 Å². The fourth-order valence-electron chi connectivity index (χ4n) is 3.38. The molecule has 0 saturated carbocycles. The largest absolute Gasteiger partial charge is 0.494 e. The number of ether oxygens (including phenoxy) is 7. The normalized spacial score (nSPS) is 12.7. The van der Waals surface area contributed by atoms with E-state index >= 15 is 0 Å². The van der Waals surface area contributed by atoms with E-state index in [9.17, 15) is 0 Å².